The standard InChI is InChI=1S/C13H22BNO3/c1-11(2)15(8-9-18-3)10-12-6-4-5-7-13(12)14(16)17/h4-7,11,16-17H,8-10H2,1-3H3. The van der Waals surface area contributed by atoms with Crippen molar-refractivity contribution in [3.63, 3.8) is 0 Å². The Morgan fingerprint density at radius 3 is 2.50 bits per heavy atom. The van der Waals surface area contributed by atoms with Gasteiger partial charge in [-0.15, -0.1) is 0 Å². The maximum atomic E-state index is 9.34. The number of nitrogens with zero attached hydrogens (tertiary/aromatic N) is 1. The van der Waals surface area contributed by atoms with Crippen molar-refractivity contribution in [1.29, 1.82) is 0 Å². The molecule has 0 aliphatic rings. The van der Waals surface area contributed by atoms with Crippen molar-refractivity contribution < 1.29 is 14.8 Å². The van der Waals surface area contributed by atoms with Crippen LogP contribution in [0.4, 0.5) is 0 Å². The molecule has 0 aliphatic heterocycles. The minimum Gasteiger partial charge on any atom is -0.423 e. The molecule has 0 aliphatic carbocycles. The zero-order valence-electron chi connectivity index (χ0n) is 11.3. The zero-order valence-corrected chi connectivity index (χ0v) is 11.3. The molecule has 0 atom stereocenters. The highest BCUT2D eigenvalue weighted by atomic mass is 16.5. The van der Waals surface area contributed by atoms with E-state index in [-0.39, 0.29) is 0 Å². The number of benzene rings is 1. The Morgan fingerprint density at radius 2 is 1.94 bits per heavy atom. The van der Waals surface area contributed by atoms with Crippen LogP contribution in [0.3, 0.4) is 0 Å². The van der Waals surface area contributed by atoms with Gasteiger partial charge in [0.1, 0.15) is 0 Å². The van der Waals surface area contributed by atoms with E-state index in [0.29, 0.717) is 24.7 Å². The summed E-state index contributed by atoms with van der Waals surface area (Å²) < 4.78 is 5.10. The highest BCUT2D eigenvalue weighted by Gasteiger charge is 2.18. The number of rotatable bonds is 7. The predicted octanol–water partition coefficient (Wildman–Crippen LogP) is 0.223. The van der Waals surface area contributed by atoms with Crippen LogP contribution in [-0.2, 0) is 11.3 Å². The second kappa shape index (κ2) is 7.54. The molecule has 0 heterocycles. The van der Waals surface area contributed by atoms with E-state index >= 15 is 0 Å². The number of hydrogen-bond donors (Lipinski definition) is 2. The van der Waals surface area contributed by atoms with Gasteiger partial charge in [0, 0.05) is 26.2 Å². The van der Waals surface area contributed by atoms with E-state index in [1.807, 2.05) is 18.2 Å². The van der Waals surface area contributed by atoms with E-state index in [2.05, 4.69) is 18.7 Å². The van der Waals surface area contributed by atoms with Crippen LogP contribution in [-0.4, -0.2) is 48.4 Å². The smallest absolute Gasteiger partial charge is 0.423 e. The van der Waals surface area contributed by atoms with Crippen molar-refractivity contribution in [3.8, 4) is 0 Å². The Kier molecular flexibility index (Phi) is 6.36. The fourth-order valence-corrected chi connectivity index (χ4v) is 1.88. The van der Waals surface area contributed by atoms with Crippen LogP contribution in [0.15, 0.2) is 24.3 Å². The first-order valence-corrected chi connectivity index (χ1v) is 6.23. The molecule has 1 aromatic rings. The van der Waals surface area contributed by atoms with Crippen molar-refractivity contribution in [2.45, 2.75) is 26.4 Å². The summed E-state index contributed by atoms with van der Waals surface area (Å²) in [5.74, 6) is 0. The summed E-state index contributed by atoms with van der Waals surface area (Å²) in [6, 6.07) is 7.78. The number of methoxy groups -OCH3 is 1. The SMILES string of the molecule is COCCN(Cc1ccccc1B(O)O)C(C)C. The third-order valence-corrected chi connectivity index (χ3v) is 3.02. The largest absolute Gasteiger partial charge is 0.488 e. The van der Waals surface area contributed by atoms with E-state index in [9.17, 15) is 10.0 Å². The van der Waals surface area contributed by atoms with Crippen LogP contribution in [0.1, 0.15) is 19.4 Å². The van der Waals surface area contributed by atoms with E-state index in [0.717, 1.165) is 12.1 Å². The fourth-order valence-electron chi connectivity index (χ4n) is 1.88. The minimum atomic E-state index is -1.42. The second-order valence-corrected chi connectivity index (χ2v) is 4.63. The molecular formula is C13H22BNO3. The second-order valence-electron chi connectivity index (χ2n) is 4.63. The third kappa shape index (κ3) is 4.42. The first kappa shape index (κ1) is 15.2. The fraction of sp³-hybridized carbons (Fsp3) is 0.538. The van der Waals surface area contributed by atoms with Gasteiger partial charge in [-0.25, -0.2) is 0 Å². The molecule has 0 aromatic heterocycles. The van der Waals surface area contributed by atoms with Crippen LogP contribution < -0.4 is 5.46 Å². The van der Waals surface area contributed by atoms with E-state index in [1.165, 1.54) is 0 Å². The molecule has 0 amide bonds. The molecule has 4 nitrogen and oxygen atoms in total. The lowest BCUT2D eigenvalue weighted by atomic mass is 9.77. The van der Waals surface area contributed by atoms with Gasteiger partial charge < -0.3 is 14.8 Å². The molecular weight excluding hydrogens is 229 g/mol. The molecule has 0 spiro atoms. The molecule has 100 valence electrons. The van der Waals surface area contributed by atoms with E-state index in [1.54, 1.807) is 13.2 Å². The highest BCUT2D eigenvalue weighted by Crippen LogP contribution is 2.07. The lowest BCUT2D eigenvalue weighted by Crippen LogP contribution is -2.39. The van der Waals surface area contributed by atoms with E-state index < -0.39 is 7.12 Å². The molecule has 5 heteroatoms. The van der Waals surface area contributed by atoms with Gasteiger partial charge in [0.25, 0.3) is 0 Å². The van der Waals surface area contributed by atoms with Gasteiger partial charge in [-0.3, -0.25) is 4.90 Å². The van der Waals surface area contributed by atoms with E-state index in [4.69, 9.17) is 4.74 Å². The van der Waals surface area contributed by atoms with Gasteiger partial charge in [0.15, 0.2) is 0 Å². The molecule has 2 N–H and O–H groups in total. The molecule has 0 unspecified atom stereocenters. The summed E-state index contributed by atoms with van der Waals surface area (Å²) in [6.07, 6.45) is 0. The minimum absolute atomic E-state index is 0.379. The maximum absolute atomic E-state index is 9.34. The third-order valence-electron chi connectivity index (χ3n) is 3.02. The summed E-state index contributed by atoms with van der Waals surface area (Å²) in [7, 11) is 0.266. The predicted molar refractivity (Wildman–Crippen MR) is 73.7 cm³/mol. The summed E-state index contributed by atoms with van der Waals surface area (Å²) in [5, 5.41) is 18.7. The molecule has 18 heavy (non-hydrogen) atoms. The Hall–Kier alpha value is -0.875. The number of hydrogen-bond acceptors (Lipinski definition) is 4. The lowest BCUT2D eigenvalue weighted by Gasteiger charge is -2.27. The van der Waals surface area contributed by atoms with Gasteiger partial charge in [-0.05, 0) is 24.9 Å². The zero-order chi connectivity index (χ0) is 13.5. The van der Waals surface area contributed by atoms with Crippen LogP contribution in [0, 0.1) is 0 Å². The van der Waals surface area contributed by atoms with Crippen LogP contribution in [0.25, 0.3) is 0 Å². The van der Waals surface area contributed by atoms with Crippen LogP contribution >= 0.6 is 0 Å². The van der Waals surface area contributed by atoms with Gasteiger partial charge in [0.2, 0.25) is 0 Å². The van der Waals surface area contributed by atoms with Crippen molar-refractivity contribution in [2.24, 2.45) is 0 Å². The molecule has 0 fully saturated rings. The van der Waals surface area contributed by atoms with Crippen LogP contribution in [0.5, 0.6) is 0 Å². The topological polar surface area (TPSA) is 52.9 Å². The van der Waals surface area contributed by atoms with Crippen LogP contribution in [0.2, 0.25) is 0 Å². The van der Waals surface area contributed by atoms with Crippen molar-refractivity contribution in [2.75, 3.05) is 20.3 Å². The molecule has 0 radical (unpaired) electrons. The maximum Gasteiger partial charge on any atom is 0.488 e. The average Bonchev–Trinajstić information content (AvgIpc) is 2.34. The molecule has 0 bridgehead atoms. The molecule has 0 saturated heterocycles. The van der Waals surface area contributed by atoms with Gasteiger partial charge in [-0.1, -0.05) is 24.3 Å². The van der Waals surface area contributed by atoms with Crippen molar-refractivity contribution >= 4 is 12.6 Å². The molecule has 0 saturated carbocycles. The Morgan fingerprint density at radius 1 is 1.28 bits per heavy atom. The first-order valence-electron chi connectivity index (χ1n) is 6.23. The van der Waals surface area contributed by atoms with Gasteiger partial charge in [0.05, 0.1) is 6.61 Å². The first-order chi connectivity index (χ1) is 8.56. The van der Waals surface area contributed by atoms with Gasteiger partial charge in [-0.2, -0.15) is 0 Å². The summed E-state index contributed by atoms with van der Waals surface area (Å²) in [6.45, 7) is 6.42. The monoisotopic (exact) mass is 251 g/mol. The Labute approximate surface area is 109 Å². The quantitative estimate of drug-likeness (QED) is 0.681. The molecule has 1 rings (SSSR count). The lowest BCUT2D eigenvalue weighted by molar-refractivity contribution is 0.125. The number of ether oxygens (including phenoxy) is 1. The summed E-state index contributed by atoms with van der Waals surface area (Å²) in [4.78, 5) is 2.24. The van der Waals surface area contributed by atoms with Crippen molar-refractivity contribution in [1.82, 2.24) is 4.90 Å². The Balaban J connectivity index is 2.80. The summed E-state index contributed by atoms with van der Waals surface area (Å²) in [5.41, 5.74) is 1.51. The average molecular weight is 251 g/mol. The summed E-state index contributed by atoms with van der Waals surface area (Å²) >= 11 is 0. The Bertz CT molecular complexity index is 358. The van der Waals surface area contributed by atoms with Crippen molar-refractivity contribution in [3.05, 3.63) is 29.8 Å². The van der Waals surface area contributed by atoms with Gasteiger partial charge >= 0.3 is 7.12 Å². The highest BCUT2D eigenvalue weighted by molar-refractivity contribution is 6.59. The molecule has 1 aromatic carbocycles. The normalized spacial score (nSPS) is 11.3.